The summed E-state index contributed by atoms with van der Waals surface area (Å²) in [6, 6.07) is 33.2. The Labute approximate surface area is 272 Å². The summed E-state index contributed by atoms with van der Waals surface area (Å²) >= 11 is 0. The second kappa shape index (κ2) is 13.4. The van der Waals surface area contributed by atoms with Crippen molar-refractivity contribution in [2.75, 3.05) is 23.8 Å². The van der Waals surface area contributed by atoms with Crippen molar-refractivity contribution < 1.29 is 18.0 Å². The van der Waals surface area contributed by atoms with E-state index in [0.29, 0.717) is 17.3 Å². The average molecular weight is 635 g/mol. The summed E-state index contributed by atoms with van der Waals surface area (Å²) < 4.78 is 40.8. The maximum Gasteiger partial charge on any atom is 0.415 e. The lowest BCUT2D eigenvalue weighted by molar-refractivity contribution is -0.112. The van der Waals surface area contributed by atoms with E-state index in [0.717, 1.165) is 45.5 Å². The molecule has 5 nitrogen and oxygen atoms in total. The van der Waals surface area contributed by atoms with Gasteiger partial charge in [0.25, 0.3) is 5.91 Å². The Hall–Kier alpha value is -4.92. The molecule has 0 bridgehead atoms. The first-order chi connectivity index (χ1) is 22.6. The number of benzene rings is 5. The zero-order valence-corrected chi connectivity index (χ0v) is 26.1. The van der Waals surface area contributed by atoms with E-state index in [1.807, 2.05) is 48.5 Å². The zero-order valence-electron chi connectivity index (χ0n) is 26.1. The summed E-state index contributed by atoms with van der Waals surface area (Å²) in [5.74, 6) is -0.0818. The smallest absolute Gasteiger partial charge is 0.340 e. The Kier molecular flexibility index (Phi) is 9.16. The molecule has 0 aromatic heterocycles. The van der Waals surface area contributed by atoms with Gasteiger partial charge in [0, 0.05) is 25.0 Å². The first-order valence-electron chi connectivity index (χ1n) is 15.7. The number of allylic oxidation sites excluding steroid dienone is 2. The van der Waals surface area contributed by atoms with Crippen LogP contribution in [0.25, 0.3) is 21.5 Å². The number of alkyl halides is 3. The molecule has 1 unspecified atom stereocenters. The van der Waals surface area contributed by atoms with E-state index in [1.165, 1.54) is 23.1 Å². The van der Waals surface area contributed by atoms with Crippen molar-refractivity contribution in [3.8, 4) is 0 Å². The molecule has 1 aliphatic rings. The van der Waals surface area contributed by atoms with Gasteiger partial charge in [-0.15, -0.1) is 0 Å². The number of likely N-dealkylation sites (N-methyl/N-ethyl adjacent to an activating group) is 1. The minimum Gasteiger partial charge on any atom is -0.340 e. The van der Waals surface area contributed by atoms with E-state index >= 15 is 0 Å². The SMILES string of the molecule is C=C(/C=C(/C(=O)Nc1cccc(C(NCC2CC2)c2cc3ccccc3c3ccccc23)c1)N(C)c1cccc(CN)c1)C(F)(F)F. The number of nitrogens with one attached hydrogen (secondary N) is 2. The van der Waals surface area contributed by atoms with E-state index < -0.39 is 17.7 Å². The van der Waals surface area contributed by atoms with Crippen LogP contribution in [0.3, 0.4) is 0 Å². The van der Waals surface area contributed by atoms with Gasteiger partial charge in [0.15, 0.2) is 0 Å². The lowest BCUT2D eigenvalue weighted by Gasteiger charge is -2.25. The topological polar surface area (TPSA) is 70.4 Å². The second-order valence-corrected chi connectivity index (χ2v) is 12.1. The van der Waals surface area contributed by atoms with E-state index in [4.69, 9.17) is 5.73 Å². The highest BCUT2D eigenvalue weighted by molar-refractivity contribution is 6.09. The van der Waals surface area contributed by atoms with Crippen LogP contribution in [0.2, 0.25) is 0 Å². The lowest BCUT2D eigenvalue weighted by Crippen LogP contribution is -2.29. The van der Waals surface area contributed by atoms with Crippen LogP contribution in [0, 0.1) is 5.92 Å². The first kappa shape index (κ1) is 32.0. The monoisotopic (exact) mass is 634 g/mol. The highest BCUT2D eigenvalue weighted by Crippen LogP contribution is 2.37. The number of hydrogen-bond donors (Lipinski definition) is 3. The van der Waals surface area contributed by atoms with Crippen LogP contribution < -0.4 is 21.3 Å². The second-order valence-electron chi connectivity index (χ2n) is 12.1. The molecule has 8 heteroatoms. The molecule has 0 heterocycles. The summed E-state index contributed by atoms with van der Waals surface area (Å²) in [6.45, 7) is 4.28. The van der Waals surface area contributed by atoms with Crippen molar-refractivity contribution in [2.45, 2.75) is 31.6 Å². The molecule has 0 spiro atoms. The fraction of sp³-hybridized carbons (Fsp3) is 0.205. The summed E-state index contributed by atoms with van der Waals surface area (Å²) in [4.78, 5) is 15.2. The minimum atomic E-state index is -4.70. The van der Waals surface area contributed by atoms with E-state index in [2.05, 4.69) is 47.5 Å². The molecule has 1 aliphatic carbocycles. The standard InChI is InChI=1S/C39H37F3N4O/c1-25(39(40,41)42)19-36(46(2)31-13-7-9-27(20-31)23-43)38(47)45-30-12-8-11-29(21-30)37(44-24-26-17-18-26)35-22-28-10-3-4-14-32(28)33-15-5-6-16-34(33)35/h3-16,19-22,26,37,44H,1,17-18,23-24,43H2,2H3,(H,45,47)/b36-19-. The number of anilines is 2. The third kappa shape index (κ3) is 7.24. The van der Waals surface area contributed by atoms with Crippen LogP contribution in [-0.4, -0.2) is 25.7 Å². The van der Waals surface area contributed by atoms with Crippen molar-refractivity contribution in [3.63, 3.8) is 0 Å². The predicted molar refractivity (Wildman–Crippen MR) is 185 cm³/mol. The molecule has 0 saturated heterocycles. The van der Waals surface area contributed by atoms with Crippen molar-refractivity contribution in [2.24, 2.45) is 11.7 Å². The number of carbonyl (C=O) groups is 1. The number of carbonyl (C=O) groups excluding carboxylic acids is 1. The van der Waals surface area contributed by atoms with Gasteiger partial charge in [0.05, 0.1) is 11.6 Å². The fourth-order valence-corrected chi connectivity index (χ4v) is 5.92. The molecule has 4 N–H and O–H groups in total. The van der Waals surface area contributed by atoms with Gasteiger partial charge in [0.2, 0.25) is 0 Å². The quantitative estimate of drug-likeness (QED) is 0.0773. The number of nitrogens with zero attached hydrogens (tertiary/aromatic N) is 1. The Morgan fingerprint density at radius 3 is 2.36 bits per heavy atom. The molecule has 1 fully saturated rings. The molecule has 240 valence electrons. The van der Waals surface area contributed by atoms with Crippen molar-refractivity contribution in [3.05, 3.63) is 144 Å². The Bertz CT molecular complexity index is 1980. The maximum absolute atomic E-state index is 13.8. The zero-order chi connectivity index (χ0) is 33.1. The molecule has 0 aliphatic heterocycles. The van der Waals surface area contributed by atoms with Crippen LogP contribution in [0.5, 0.6) is 0 Å². The molecule has 5 aromatic carbocycles. The van der Waals surface area contributed by atoms with Gasteiger partial charge < -0.3 is 21.3 Å². The summed E-state index contributed by atoms with van der Waals surface area (Å²) in [6.07, 6.45) is -1.55. The third-order valence-corrected chi connectivity index (χ3v) is 8.70. The minimum absolute atomic E-state index is 0.191. The van der Waals surface area contributed by atoms with Gasteiger partial charge in [0.1, 0.15) is 5.70 Å². The number of rotatable bonds is 11. The molecule has 6 rings (SSSR count). The van der Waals surface area contributed by atoms with E-state index in [-0.39, 0.29) is 18.3 Å². The number of nitrogens with two attached hydrogens (primary N) is 1. The molecule has 0 radical (unpaired) electrons. The van der Waals surface area contributed by atoms with Crippen LogP contribution >= 0.6 is 0 Å². The van der Waals surface area contributed by atoms with Gasteiger partial charge in [-0.2, -0.15) is 13.2 Å². The number of fused-ring (bicyclic) bond motifs is 3. The first-order valence-corrected chi connectivity index (χ1v) is 15.7. The Morgan fingerprint density at radius 2 is 1.64 bits per heavy atom. The van der Waals surface area contributed by atoms with Crippen LogP contribution in [-0.2, 0) is 11.3 Å². The van der Waals surface area contributed by atoms with Gasteiger partial charge >= 0.3 is 6.18 Å². The summed E-state index contributed by atoms with van der Waals surface area (Å²) in [5, 5.41) is 11.2. The van der Waals surface area contributed by atoms with Crippen LogP contribution in [0.4, 0.5) is 24.5 Å². The van der Waals surface area contributed by atoms with Crippen molar-refractivity contribution in [1.29, 1.82) is 0 Å². The molecule has 47 heavy (non-hydrogen) atoms. The molecule has 1 amide bonds. The van der Waals surface area contributed by atoms with Crippen LogP contribution in [0.1, 0.15) is 35.6 Å². The molecule has 1 saturated carbocycles. The number of halogens is 3. The van der Waals surface area contributed by atoms with Gasteiger partial charge in [-0.25, -0.2) is 0 Å². The Balaban J connectivity index is 1.37. The molecule has 1 atom stereocenters. The highest BCUT2D eigenvalue weighted by atomic mass is 19.4. The van der Waals surface area contributed by atoms with E-state index in [1.54, 1.807) is 31.3 Å². The van der Waals surface area contributed by atoms with Gasteiger partial charge in [-0.1, -0.05) is 79.4 Å². The Morgan fingerprint density at radius 1 is 0.936 bits per heavy atom. The van der Waals surface area contributed by atoms with Crippen molar-refractivity contribution >= 4 is 38.8 Å². The average Bonchev–Trinajstić information content (AvgIpc) is 3.91. The summed E-state index contributed by atoms with van der Waals surface area (Å²) in [7, 11) is 1.55. The lowest BCUT2D eigenvalue weighted by atomic mass is 9.90. The molecular weight excluding hydrogens is 597 g/mol. The van der Waals surface area contributed by atoms with Gasteiger partial charge in [-0.05, 0) is 99.9 Å². The third-order valence-electron chi connectivity index (χ3n) is 8.70. The maximum atomic E-state index is 13.8. The van der Waals surface area contributed by atoms with E-state index in [9.17, 15) is 18.0 Å². The number of hydrogen-bond acceptors (Lipinski definition) is 4. The normalized spacial score (nSPS) is 14.3. The fourth-order valence-electron chi connectivity index (χ4n) is 5.92. The van der Waals surface area contributed by atoms with Gasteiger partial charge in [-0.3, -0.25) is 4.79 Å². The highest BCUT2D eigenvalue weighted by Gasteiger charge is 2.32. The summed E-state index contributed by atoms with van der Waals surface area (Å²) in [5.41, 5.74) is 8.25. The number of amides is 1. The predicted octanol–water partition coefficient (Wildman–Crippen LogP) is 8.62. The molecule has 5 aromatic rings. The van der Waals surface area contributed by atoms with Crippen molar-refractivity contribution in [1.82, 2.24) is 5.32 Å². The van der Waals surface area contributed by atoms with Crippen LogP contribution in [0.15, 0.2) is 127 Å². The largest absolute Gasteiger partial charge is 0.415 e. The molecular formula is C39H37F3N4O.